The Hall–Kier alpha value is -2.32. The van der Waals surface area contributed by atoms with Crippen molar-refractivity contribution < 1.29 is 24.1 Å². The standard InChI is InChI=1S/C23H35N5O3/c1-31-21-7-3-2-6-20(21)26-14-10-24(11-15-26)19-23(30)28-16-12-25(13-17-28)18-22(29)27-8-4-5-9-27/h2-3,6-7H,4-5,8-19H2,1H3/p+2. The summed E-state index contributed by atoms with van der Waals surface area (Å²) in [7, 11) is 1.71. The van der Waals surface area contributed by atoms with Crippen LogP contribution >= 0.6 is 0 Å². The van der Waals surface area contributed by atoms with Crippen molar-refractivity contribution >= 4 is 17.5 Å². The molecule has 3 heterocycles. The van der Waals surface area contributed by atoms with E-state index in [2.05, 4.69) is 11.0 Å². The van der Waals surface area contributed by atoms with Gasteiger partial charge in [0.1, 0.15) is 5.75 Å². The smallest absolute Gasteiger partial charge is 0.278 e. The van der Waals surface area contributed by atoms with Gasteiger partial charge in [0.2, 0.25) is 0 Å². The van der Waals surface area contributed by atoms with Crippen molar-refractivity contribution in [2.24, 2.45) is 0 Å². The van der Waals surface area contributed by atoms with Gasteiger partial charge < -0.3 is 29.2 Å². The van der Waals surface area contributed by atoms with Gasteiger partial charge in [-0.1, -0.05) is 12.1 Å². The first-order chi connectivity index (χ1) is 15.1. The number of ether oxygens (including phenoxy) is 1. The Labute approximate surface area is 185 Å². The van der Waals surface area contributed by atoms with Crippen LogP contribution in [0.3, 0.4) is 0 Å². The largest absolute Gasteiger partial charge is 0.495 e. The Morgan fingerprint density at radius 1 is 0.806 bits per heavy atom. The minimum Gasteiger partial charge on any atom is -0.495 e. The van der Waals surface area contributed by atoms with Crippen LogP contribution in [0.15, 0.2) is 24.3 Å². The number of amides is 2. The molecule has 2 N–H and O–H groups in total. The predicted molar refractivity (Wildman–Crippen MR) is 119 cm³/mol. The molecular weight excluding hydrogens is 394 g/mol. The molecule has 8 heteroatoms. The second kappa shape index (κ2) is 10.3. The summed E-state index contributed by atoms with van der Waals surface area (Å²) in [5.74, 6) is 1.45. The molecule has 3 aliphatic rings. The SMILES string of the molecule is COc1ccccc1N1CC[NH+](CC(=O)N2CC[NH+](CC(=O)N3CCCC3)CC2)CC1. The number of hydrogen-bond acceptors (Lipinski definition) is 4. The molecule has 170 valence electrons. The molecule has 0 atom stereocenters. The van der Waals surface area contributed by atoms with E-state index in [4.69, 9.17) is 4.74 Å². The predicted octanol–water partition coefficient (Wildman–Crippen LogP) is -2.25. The van der Waals surface area contributed by atoms with E-state index in [1.807, 2.05) is 28.0 Å². The van der Waals surface area contributed by atoms with Crippen molar-refractivity contribution in [3.8, 4) is 5.75 Å². The maximum atomic E-state index is 12.8. The van der Waals surface area contributed by atoms with Crippen molar-refractivity contribution in [2.45, 2.75) is 12.8 Å². The molecule has 0 spiro atoms. The fourth-order valence-electron chi connectivity index (χ4n) is 5.00. The minimum atomic E-state index is 0.255. The Bertz CT molecular complexity index is 751. The maximum Gasteiger partial charge on any atom is 0.278 e. The lowest BCUT2D eigenvalue weighted by Crippen LogP contribution is -3.17. The van der Waals surface area contributed by atoms with Gasteiger partial charge >= 0.3 is 0 Å². The molecule has 0 radical (unpaired) electrons. The van der Waals surface area contributed by atoms with Crippen LogP contribution in [0.25, 0.3) is 0 Å². The van der Waals surface area contributed by atoms with E-state index in [9.17, 15) is 9.59 Å². The highest BCUT2D eigenvalue weighted by Crippen LogP contribution is 2.27. The lowest BCUT2D eigenvalue weighted by molar-refractivity contribution is -0.898. The van der Waals surface area contributed by atoms with Crippen molar-refractivity contribution in [2.75, 3.05) is 90.5 Å². The summed E-state index contributed by atoms with van der Waals surface area (Å²) in [5.41, 5.74) is 1.14. The Balaban J connectivity index is 1.18. The minimum absolute atomic E-state index is 0.255. The van der Waals surface area contributed by atoms with Gasteiger partial charge in [0.25, 0.3) is 11.8 Å². The van der Waals surface area contributed by atoms with Crippen LogP contribution in [0, 0.1) is 0 Å². The summed E-state index contributed by atoms with van der Waals surface area (Å²) in [6, 6.07) is 8.14. The summed E-state index contributed by atoms with van der Waals surface area (Å²) in [4.78, 5) is 34.2. The molecule has 8 nitrogen and oxygen atoms in total. The third kappa shape index (κ3) is 5.49. The van der Waals surface area contributed by atoms with Gasteiger partial charge in [0.15, 0.2) is 13.1 Å². The first-order valence-corrected chi connectivity index (χ1v) is 11.7. The van der Waals surface area contributed by atoms with E-state index in [0.29, 0.717) is 13.1 Å². The molecule has 3 aliphatic heterocycles. The van der Waals surface area contributed by atoms with E-state index in [-0.39, 0.29) is 11.8 Å². The normalized spacial score (nSPS) is 20.9. The number of nitrogens with zero attached hydrogens (tertiary/aromatic N) is 3. The maximum absolute atomic E-state index is 12.8. The first-order valence-electron chi connectivity index (χ1n) is 11.7. The third-order valence-electron chi connectivity index (χ3n) is 6.98. The van der Waals surface area contributed by atoms with Crippen LogP contribution in [-0.2, 0) is 9.59 Å². The van der Waals surface area contributed by atoms with Crippen molar-refractivity contribution in [1.29, 1.82) is 0 Å². The summed E-state index contributed by atoms with van der Waals surface area (Å²) in [6.07, 6.45) is 2.28. The van der Waals surface area contributed by atoms with E-state index in [0.717, 1.165) is 89.7 Å². The van der Waals surface area contributed by atoms with E-state index < -0.39 is 0 Å². The molecule has 0 unspecified atom stereocenters. The molecule has 4 rings (SSSR count). The number of quaternary nitrogens is 2. The molecule has 2 amide bonds. The summed E-state index contributed by atoms with van der Waals surface area (Å²) >= 11 is 0. The molecule has 0 saturated carbocycles. The number of hydrogen-bond donors (Lipinski definition) is 2. The Morgan fingerprint density at radius 3 is 1.90 bits per heavy atom. The van der Waals surface area contributed by atoms with Crippen molar-refractivity contribution in [3.05, 3.63) is 24.3 Å². The molecular formula is C23H37N5O3+2. The van der Waals surface area contributed by atoms with Gasteiger partial charge in [-0.15, -0.1) is 0 Å². The van der Waals surface area contributed by atoms with Gasteiger partial charge in [0, 0.05) is 13.1 Å². The number of piperazine rings is 2. The summed E-state index contributed by atoms with van der Waals surface area (Å²) in [6.45, 7) is 10.1. The van der Waals surface area contributed by atoms with Crippen LogP contribution in [0.2, 0.25) is 0 Å². The topological polar surface area (TPSA) is 62.0 Å². The van der Waals surface area contributed by atoms with E-state index >= 15 is 0 Å². The van der Waals surface area contributed by atoms with Crippen molar-refractivity contribution in [1.82, 2.24) is 9.80 Å². The number of benzene rings is 1. The summed E-state index contributed by atoms with van der Waals surface area (Å²) in [5, 5.41) is 0. The highest BCUT2D eigenvalue weighted by atomic mass is 16.5. The number of carbonyl (C=O) groups is 2. The fraction of sp³-hybridized carbons (Fsp3) is 0.652. The molecule has 0 aromatic heterocycles. The average molecular weight is 432 g/mol. The highest BCUT2D eigenvalue weighted by Gasteiger charge is 2.30. The quantitative estimate of drug-likeness (QED) is 0.534. The van der Waals surface area contributed by atoms with E-state index in [1.54, 1.807) is 7.11 Å². The molecule has 0 aliphatic carbocycles. The molecule has 1 aromatic carbocycles. The molecule has 31 heavy (non-hydrogen) atoms. The highest BCUT2D eigenvalue weighted by molar-refractivity contribution is 5.78. The first kappa shape index (κ1) is 21.9. The van der Waals surface area contributed by atoms with Gasteiger partial charge in [0.05, 0.1) is 65.2 Å². The molecule has 1 aromatic rings. The van der Waals surface area contributed by atoms with Crippen LogP contribution in [0.4, 0.5) is 5.69 Å². The van der Waals surface area contributed by atoms with Gasteiger partial charge in [-0.25, -0.2) is 0 Å². The number of rotatable bonds is 6. The van der Waals surface area contributed by atoms with E-state index in [1.165, 1.54) is 9.80 Å². The number of para-hydroxylation sites is 2. The van der Waals surface area contributed by atoms with Crippen LogP contribution in [-0.4, -0.2) is 107 Å². The number of carbonyl (C=O) groups excluding carboxylic acids is 2. The number of methoxy groups -OCH3 is 1. The van der Waals surface area contributed by atoms with Crippen LogP contribution in [0.1, 0.15) is 12.8 Å². The fourth-order valence-corrected chi connectivity index (χ4v) is 5.00. The van der Waals surface area contributed by atoms with Gasteiger partial charge in [-0.2, -0.15) is 0 Å². The van der Waals surface area contributed by atoms with Crippen LogP contribution < -0.4 is 19.4 Å². The van der Waals surface area contributed by atoms with Gasteiger partial charge in [-0.3, -0.25) is 9.59 Å². The second-order valence-corrected chi connectivity index (χ2v) is 8.98. The lowest BCUT2D eigenvalue weighted by Gasteiger charge is -2.36. The zero-order valence-corrected chi connectivity index (χ0v) is 18.8. The van der Waals surface area contributed by atoms with Crippen LogP contribution in [0.5, 0.6) is 5.75 Å². The Kier molecular flexibility index (Phi) is 7.29. The summed E-state index contributed by atoms with van der Waals surface area (Å²) < 4.78 is 5.50. The molecule has 3 saturated heterocycles. The monoisotopic (exact) mass is 431 g/mol. The number of anilines is 1. The average Bonchev–Trinajstić information content (AvgIpc) is 3.35. The van der Waals surface area contributed by atoms with Gasteiger partial charge in [-0.05, 0) is 25.0 Å². The zero-order valence-electron chi connectivity index (χ0n) is 18.8. The zero-order chi connectivity index (χ0) is 21.6. The third-order valence-corrected chi connectivity index (χ3v) is 6.98. The molecule has 0 bridgehead atoms. The number of likely N-dealkylation sites (tertiary alicyclic amines) is 1. The number of nitrogens with one attached hydrogen (secondary N) is 2. The second-order valence-electron chi connectivity index (χ2n) is 8.98. The Morgan fingerprint density at radius 2 is 1.32 bits per heavy atom. The van der Waals surface area contributed by atoms with Crippen molar-refractivity contribution in [3.63, 3.8) is 0 Å². The molecule has 3 fully saturated rings. The lowest BCUT2D eigenvalue weighted by atomic mass is 10.2.